The summed E-state index contributed by atoms with van der Waals surface area (Å²) in [4.78, 5) is 2.48. The van der Waals surface area contributed by atoms with Crippen molar-refractivity contribution in [1.29, 1.82) is 0 Å². The Morgan fingerprint density at radius 1 is 1.37 bits per heavy atom. The lowest BCUT2D eigenvalue weighted by molar-refractivity contribution is 0.0778. The van der Waals surface area contributed by atoms with Crippen molar-refractivity contribution in [3.05, 3.63) is 29.3 Å². The van der Waals surface area contributed by atoms with Crippen molar-refractivity contribution >= 4 is 5.69 Å². The third kappa shape index (κ3) is 2.37. The van der Waals surface area contributed by atoms with Crippen LogP contribution in [-0.4, -0.2) is 30.9 Å². The van der Waals surface area contributed by atoms with Gasteiger partial charge in [-0.1, -0.05) is 12.1 Å². The first-order valence-electron chi connectivity index (χ1n) is 7.26. The number of hydrogen-bond acceptors (Lipinski definition) is 3. The summed E-state index contributed by atoms with van der Waals surface area (Å²) in [6.07, 6.45) is 3.40. The van der Waals surface area contributed by atoms with Gasteiger partial charge in [-0.3, -0.25) is 0 Å². The van der Waals surface area contributed by atoms with Crippen LogP contribution in [0.3, 0.4) is 0 Å². The van der Waals surface area contributed by atoms with Crippen LogP contribution in [0.4, 0.5) is 5.69 Å². The first-order chi connectivity index (χ1) is 9.07. The lowest BCUT2D eigenvalue weighted by atomic mass is 9.92. The number of benzene rings is 1. The number of hydrogen-bond donors (Lipinski definition) is 1. The summed E-state index contributed by atoms with van der Waals surface area (Å²) < 4.78 is 5.62. The van der Waals surface area contributed by atoms with Gasteiger partial charge in [-0.25, -0.2) is 0 Å². The second-order valence-electron chi connectivity index (χ2n) is 6.18. The van der Waals surface area contributed by atoms with E-state index in [4.69, 9.17) is 4.74 Å². The molecule has 19 heavy (non-hydrogen) atoms. The summed E-state index contributed by atoms with van der Waals surface area (Å²) in [5, 5.41) is 10.3. The summed E-state index contributed by atoms with van der Waals surface area (Å²) >= 11 is 0. The number of anilines is 1. The molecule has 1 saturated heterocycles. The molecule has 1 aromatic rings. The van der Waals surface area contributed by atoms with Gasteiger partial charge in [-0.15, -0.1) is 0 Å². The molecule has 1 unspecified atom stereocenters. The molecule has 0 saturated carbocycles. The summed E-state index contributed by atoms with van der Waals surface area (Å²) in [5.41, 5.74) is 2.93. The van der Waals surface area contributed by atoms with Crippen molar-refractivity contribution in [2.24, 2.45) is 0 Å². The molecule has 0 radical (unpaired) electrons. The van der Waals surface area contributed by atoms with Crippen molar-refractivity contribution in [3.63, 3.8) is 0 Å². The average molecular weight is 261 g/mol. The van der Waals surface area contributed by atoms with Gasteiger partial charge in [0.2, 0.25) is 0 Å². The lowest BCUT2D eigenvalue weighted by Gasteiger charge is -2.33. The van der Waals surface area contributed by atoms with Crippen LogP contribution in [0.15, 0.2) is 18.2 Å². The van der Waals surface area contributed by atoms with Crippen molar-refractivity contribution in [2.45, 2.75) is 44.8 Å². The Hall–Kier alpha value is -1.06. The normalized spacial score (nSPS) is 23.5. The van der Waals surface area contributed by atoms with Gasteiger partial charge >= 0.3 is 0 Å². The van der Waals surface area contributed by atoms with Gasteiger partial charge in [0.15, 0.2) is 0 Å². The van der Waals surface area contributed by atoms with Crippen molar-refractivity contribution in [2.75, 3.05) is 24.7 Å². The highest BCUT2D eigenvalue weighted by molar-refractivity contribution is 5.62. The molecule has 1 atom stereocenters. The lowest BCUT2D eigenvalue weighted by Crippen LogP contribution is -2.40. The Labute approximate surface area is 115 Å². The summed E-state index contributed by atoms with van der Waals surface area (Å²) in [5.74, 6) is 0. The van der Waals surface area contributed by atoms with Gasteiger partial charge in [0.05, 0.1) is 18.2 Å². The predicted octanol–water partition coefficient (Wildman–Crippen LogP) is 2.46. The Morgan fingerprint density at radius 3 is 2.89 bits per heavy atom. The number of ether oxygens (including phenoxy) is 1. The van der Waals surface area contributed by atoms with E-state index in [0.29, 0.717) is 6.04 Å². The third-order valence-electron chi connectivity index (χ3n) is 4.30. The zero-order valence-electron chi connectivity index (χ0n) is 11.9. The third-order valence-corrected chi connectivity index (χ3v) is 4.30. The van der Waals surface area contributed by atoms with Crippen LogP contribution in [0.1, 0.15) is 37.8 Å². The maximum absolute atomic E-state index is 10.3. The average Bonchev–Trinajstić information content (AvgIpc) is 2.82. The molecule has 1 N–H and O–H groups in total. The SMILES string of the molecule is CC(C)(O)c1cccc2c1CCN2C1CCCOC1. The molecular weight excluding hydrogens is 238 g/mol. The molecule has 2 aliphatic rings. The van der Waals surface area contributed by atoms with Crippen LogP contribution in [-0.2, 0) is 16.8 Å². The highest BCUT2D eigenvalue weighted by atomic mass is 16.5. The molecule has 2 heterocycles. The predicted molar refractivity (Wildman–Crippen MR) is 76.6 cm³/mol. The highest BCUT2D eigenvalue weighted by Crippen LogP contribution is 2.37. The standard InChI is InChI=1S/C16H23NO2/c1-16(2,18)14-6-3-7-15-13(14)8-9-17(15)12-5-4-10-19-11-12/h3,6-7,12,18H,4-5,8-11H2,1-2H3. The maximum atomic E-state index is 10.3. The molecule has 1 aromatic carbocycles. The van der Waals surface area contributed by atoms with Gasteiger partial charge in [0.1, 0.15) is 0 Å². The minimum absolute atomic E-state index is 0.507. The molecule has 1 fully saturated rings. The van der Waals surface area contributed by atoms with E-state index >= 15 is 0 Å². The van der Waals surface area contributed by atoms with Crippen LogP contribution in [0.5, 0.6) is 0 Å². The molecule has 0 aliphatic carbocycles. The van der Waals surface area contributed by atoms with E-state index in [0.717, 1.165) is 38.2 Å². The van der Waals surface area contributed by atoms with Crippen LogP contribution in [0.25, 0.3) is 0 Å². The Bertz CT molecular complexity index is 458. The number of fused-ring (bicyclic) bond motifs is 1. The van der Waals surface area contributed by atoms with E-state index in [-0.39, 0.29) is 0 Å². The number of aliphatic hydroxyl groups is 1. The smallest absolute Gasteiger partial charge is 0.0843 e. The molecule has 0 amide bonds. The molecule has 3 nitrogen and oxygen atoms in total. The van der Waals surface area contributed by atoms with Gasteiger partial charge < -0.3 is 14.7 Å². The quantitative estimate of drug-likeness (QED) is 0.887. The molecule has 0 bridgehead atoms. The van der Waals surface area contributed by atoms with E-state index in [9.17, 15) is 5.11 Å². The summed E-state index contributed by atoms with van der Waals surface area (Å²) in [7, 11) is 0. The van der Waals surface area contributed by atoms with Gasteiger partial charge in [0, 0.05) is 18.8 Å². The van der Waals surface area contributed by atoms with Gasteiger partial charge in [-0.05, 0) is 50.3 Å². The minimum atomic E-state index is -0.760. The first-order valence-corrected chi connectivity index (χ1v) is 7.26. The Kier molecular flexibility index (Phi) is 3.27. The van der Waals surface area contributed by atoms with Crippen molar-refractivity contribution in [1.82, 2.24) is 0 Å². The molecule has 3 rings (SSSR count). The van der Waals surface area contributed by atoms with Crippen LogP contribution in [0, 0.1) is 0 Å². The Balaban J connectivity index is 1.92. The molecular formula is C16H23NO2. The maximum Gasteiger partial charge on any atom is 0.0843 e. The summed E-state index contributed by atoms with van der Waals surface area (Å²) in [6.45, 7) is 6.54. The molecule has 104 valence electrons. The van der Waals surface area contributed by atoms with E-state index in [1.54, 1.807) is 0 Å². The number of rotatable bonds is 2. The fraction of sp³-hybridized carbons (Fsp3) is 0.625. The second-order valence-corrected chi connectivity index (χ2v) is 6.18. The van der Waals surface area contributed by atoms with Crippen molar-refractivity contribution in [3.8, 4) is 0 Å². The van der Waals surface area contributed by atoms with Gasteiger partial charge in [0.25, 0.3) is 0 Å². The van der Waals surface area contributed by atoms with Crippen molar-refractivity contribution < 1.29 is 9.84 Å². The minimum Gasteiger partial charge on any atom is -0.386 e. The monoisotopic (exact) mass is 261 g/mol. The zero-order chi connectivity index (χ0) is 13.5. The van der Waals surface area contributed by atoms with Crippen LogP contribution < -0.4 is 4.90 Å². The van der Waals surface area contributed by atoms with E-state index < -0.39 is 5.60 Å². The number of nitrogens with zero attached hydrogens (tertiary/aromatic N) is 1. The largest absolute Gasteiger partial charge is 0.386 e. The molecule has 0 spiro atoms. The fourth-order valence-electron chi connectivity index (χ4n) is 3.38. The van der Waals surface area contributed by atoms with Crippen LogP contribution in [0.2, 0.25) is 0 Å². The van der Waals surface area contributed by atoms with E-state index in [1.165, 1.54) is 17.7 Å². The summed E-state index contributed by atoms with van der Waals surface area (Å²) in [6, 6.07) is 6.81. The molecule has 2 aliphatic heterocycles. The fourth-order valence-corrected chi connectivity index (χ4v) is 3.38. The second kappa shape index (κ2) is 4.80. The molecule has 0 aromatic heterocycles. The van der Waals surface area contributed by atoms with Crippen LogP contribution >= 0.6 is 0 Å². The van der Waals surface area contributed by atoms with E-state index in [1.807, 2.05) is 13.8 Å². The first kappa shape index (κ1) is 12.9. The highest BCUT2D eigenvalue weighted by Gasteiger charge is 2.31. The van der Waals surface area contributed by atoms with Gasteiger partial charge in [-0.2, -0.15) is 0 Å². The topological polar surface area (TPSA) is 32.7 Å². The van der Waals surface area contributed by atoms with E-state index in [2.05, 4.69) is 23.1 Å². The zero-order valence-corrected chi connectivity index (χ0v) is 11.9. The molecule has 3 heteroatoms. The Morgan fingerprint density at radius 2 is 2.21 bits per heavy atom.